The van der Waals surface area contributed by atoms with Crippen LogP contribution in [-0.4, -0.2) is 50.6 Å². The Morgan fingerprint density at radius 3 is 2.57 bits per heavy atom. The Morgan fingerprint density at radius 1 is 1.33 bits per heavy atom. The summed E-state index contributed by atoms with van der Waals surface area (Å²) in [6.07, 6.45) is 2.41. The normalized spacial score (nSPS) is 19.8. The number of carbonyl (C=O) groups is 1. The topological polar surface area (TPSA) is 61.6 Å². The van der Waals surface area contributed by atoms with Crippen LogP contribution in [0.15, 0.2) is 0 Å². The van der Waals surface area contributed by atoms with Gasteiger partial charge >= 0.3 is 0 Å². The highest BCUT2D eigenvalue weighted by Gasteiger charge is 2.35. The first-order valence-corrected chi connectivity index (χ1v) is 8.57. The zero-order valence-electron chi connectivity index (χ0n) is 12.8. The van der Waals surface area contributed by atoms with E-state index in [0.29, 0.717) is 17.3 Å². The van der Waals surface area contributed by atoms with Crippen molar-refractivity contribution in [2.75, 3.05) is 50.4 Å². The van der Waals surface area contributed by atoms with E-state index >= 15 is 0 Å². The number of nitrogens with zero attached hydrogens (tertiary/aromatic N) is 2. The number of hydrogen-bond acceptors (Lipinski definition) is 5. The number of anilines is 2. The predicted octanol–water partition coefficient (Wildman–Crippen LogP) is 1.71. The molecule has 2 aliphatic rings. The molecule has 116 valence electrons. The summed E-state index contributed by atoms with van der Waals surface area (Å²) in [6, 6.07) is 0. The lowest BCUT2D eigenvalue weighted by atomic mass is 10.1. The predicted molar refractivity (Wildman–Crippen MR) is 88.4 cm³/mol. The fourth-order valence-electron chi connectivity index (χ4n) is 2.86. The lowest BCUT2D eigenvalue weighted by Crippen LogP contribution is -2.44. The van der Waals surface area contributed by atoms with E-state index in [1.54, 1.807) is 11.3 Å². The quantitative estimate of drug-likeness (QED) is 0.889. The van der Waals surface area contributed by atoms with Crippen molar-refractivity contribution < 1.29 is 4.79 Å². The fourth-order valence-corrected chi connectivity index (χ4v) is 4.14. The maximum atomic E-state index is 12.2. The molecular weight excluding hydrogens is 284 g/mol. The van der Waals surface area contributed by atoms with Crippen molar-refractivity contribution in [2.24, 2.45) is 0 Å². The average Bonchev–Trinajstić information content (AvgIpc) is 3.23. The third-order valence-corrected chi connectivity index (χ3v) is 5.56. The largest absolute Gasteiger partial charge is 0.397 e. The molecule has 1 saturated carbocycles. The number of hydrogen-bond donors (Lipinski definition) is 2. The number of piperazine rings is 1. The van der Waals surface area contributed by atoms with Crippen LogP contribution in [0, 0.1) is 0 Å². The van der Waals surface area contributed by atoms with Crippen LogP contribution in [0.25, 0.3) is 0 Å². The first-order valence-electron chi connectivity index (χ1n) is 7.75. The van der Waals surface area contributed by atoms with Crippen molar-refractivity contribution in [3.8, 4) is 0 Å². The molecule has 1 aromatic heterocycles. The van der Waals surface area contributed by atoms with E-state index in [4.69, 9.17) is 5.73 Å². The smallest absolute Gasteiger partial charge is 0.263 e. The lowest BCUT2D eigenvalue weighted by molar-refractivity contribution is 0.0960. The van der Waals surface area contributed by atoms with E-state index in [0.717, 1.165) is 31.9 Å². The van der Waals surface area contributed by atoms with Gasteiger partial charge in [0.15, 0.2) is 0 Å². The SMILES string of the molecule is CCNC(=O)c1sc(N2CCN(C)CC2)c(C2CC2)c1N. The summed E-state index contributed by atoms with van der Waals surface area (Å²) < 4.78 is 0. The van der Waals surface area contributed by atoms with E-state index in [2.05, 4.69) is 22.2 Å². The molecule has 0 aromatic carbocycles. The van der Waals surface area contributed by atoms with Crippen LogP contribution in [0.4, 0.5) is 10.7 Å². The molecule has 3 rings (SSSR count). The minimum atomic E-state index is -0.0257. The molecule has 6 heteroatoms. The molecule has 1 aliphatic heterocycles. The van der Waals surface area contributed by atoms with Crippen molar-refractivity contribution in [1.82, 2.24) is 10.2 Å². The Labute approximate surface area is 130 Å². The van der Waals surface area contributed by atoms with Crippen molar-refractivity contribution in [3.63, 3.8) is 0 Å². The summed E-state index contributed by atoms with van der Waals surface area (Å²) in [7, 11) is 2.15. The maximum Gasteiger partial charge on any atom is 0.263 e. The van der Waals surface area contributed by atoms with Crippen LogP contribution >= 0.6 is 11.3 Å². The summed E-state index contributed by atoms with van der Waals surface area (Å²) in [4.78, 5) is 17.7. The molecule has 0 unspecified atom stereocenters. The molecule has 0 spiro atoms. The van der Waals surface area contributed by atoms with Gasteiger partial charge in [0.2, 0.25) is 0 Å². The van der Waals surface area contributed by atoms with Gasteiger partial charge in [0.05, 0.1) is 10.7 Å². The second kappa shape index (κ2) is 5.85. The van der Waals surface area contributed by atoms with E-state index in [1.165, 1.54) is 23.4 Å². The number of thiophene rings is 1. The number of amides is 1. The van der Waals surface area contributed by atoms with Crippen molar-refractivity contribution in [1.29, 1.82) is 0 Å². The summed E-state index contributed by atoms with van der Waals surface area (Å²) in [5, 5.41) is 4.12. The van der Waals surface area contributed by atoms with E-state index in [9.17, 15) is 4.79 Å². The molecule has 2 fully saturated rings. The van der Waals surface area contributed by atoms with E-state index in [1.807, 2.05) is 6.92 Å². The molecule has 0 radical (unpaired) electrons. The van der Waals surface area contributed by atoms with Crippen LogP contribution in [0.1, 0.15) is 40.9 Å². The van der Waals surface area contributed by atoms with Crippen molar-refractivity contribution in [3.05, 3.63) is 10.4 Å². The molecule has 1 aliphatic carbocycles. The zero-order chi connectivity index (χ0) is 15.0. The molecule has 5 nitrogen and oxygen atoms in total. The van der Waals surface area contributed by atoms with Crippen LogP contribution < -0.4 is 16.0 Å². The van der Waals surface area contributed by atoms with Gasteiger partial charge in [-0.15, -0.1) is 11.3 Å². The number of nitrogens with one attached hydrogen (secondary N) is 1. The Bertz CT molecular complexity index is 530. The van der Waals surface area contributed by atoms with Gasteiger partial charge in [-0.05, 0) is 32.7 Å². The molecule has 0 atom stereocenters. The van der Waals surface area contributed by atoms with E-state index < -0.39 is 0 Å². The van der Waals surface area contributed by atoms with Crippen molar-refractivity contribution in [2.45, 2.75) is 25.7 Å². The molecule has 1 aromatic rings. The van der Waals surface area contributed by atoms with Gasteiger partial charge < -0.3 is 20.9 Å². The maximum absolute atomic E-state index is 12.2. The molecule has 2 heterocycles. The van der Waals surface area contributed by atoms with Gasteiger partial charge in [0.25, 0.3) is 5.91 Å². The molecular formula is C15H24N4OS. The Hall–Kier alpha value is -1.27. The standard InChI is InChI=1S/C15H24N4OS/c1-3-17-14(20)13-12(16)11(10-4-5-10)15(21-13)19-8-6-18(2)7-9-19/h10H,3-9,16H2,1-2H3,(H,17,20). The number of rotatable bonds is 4. The van der Waals surface area contributed by atoms with Gasteiger partial charge in [0, 0.05) is 38.3 Å². The molecule has 21 heavy (non-hydrogen) atoms. The third-order valence-electron chi connectivity index (χ3n) is 4.28. The highest BCUT2D eigenvalue weighted by molar-refractivity contribution is 7.18. The Balaban J connectivity index is 1.91. The minimum absolute atomic E-state index is 0.0257. The number of nitrogen functional groups attached to an aromatic ring is 1. The first-order chi connectivity index (χ1) is 10.1. The fraction of sp³-hybridized carbons (Fsp3) is 0.667. The molecule has 1 saturated heterocycles. The molecule has 3 N–H and O–H groups in total. The van der Waals surface area contributed by atoms with Gasteiger partial charge in [-0.1, -0.05) is 0 Å². The monoisotopic (exact) mass is 308 g/mol. The highest BCUT2D eigenvalue weighted by Crippen LogP contribution is 2.52. The second-order valence-electron chi connectivity index (χ2n) is 5.99. The second-order valence-corrected chi connectivity index (χ2v) is 6.99. The molecule has 1 amide bonds. The van der Waals surface area contributed by atoms with Crippen molar-refractivity contribution >= 4 is 27.9 Å². The molecule has 0 bridgehead atoms. The summed E-state index contributed by atoms with van der Waals surface area (Å²) in [6.45, 7) is 6.75. The van der Waals surface area contributed by atoms with E-state index in [-0.39, 0.29) is 5.91 Å². The number of likely N-dealkylation sites (N-methyl/N-ethyl adjacent to an activating group) is 1. The minimum Gasteiger partial charge on any atom is -0.397 e. The first kappa shape index (κ1) is 14.7. The summed E-state index contributed by atoms with van der Waals surface area (Å²) in [5.41, 5.74) is 8.29. The van der Waals surface area contributed by atoms with Gasteiger partial charge in [-0.3, -0.25) is 4.79 Å². The van der Waals surface area contributed by atoms with Crippen LogP contribution in [-0.2, 0) is 0 Å². The zero-order valence-corrected chi connectivity index (χ0v) is 13.6. The van der Waals surface area contributed by atoms with Gasteiger partial charge in [-0.25, -0.2) is 0 Å². The van der Waals surface area contributed by atoms with Crippen LogP contribution in [0.5, 0.6) is 0 Å². The van der Waals surface area contributed by atoms with Crippen LogP contribution in [0.3, 0.4) is 0 Å². The summed E-state index contributed by atoms with van der Waals surface area (Å²) in [5.74, 6) is 0.543. The van der Waals surface area contributed by atoms with Crippen LogP contribution in [0.2, 0.25) is 0 Å². The summed E-state index contributed by atoms with van der Waals surface area (Å²) >= 11 is 1.58. The number of nitrogens with two attached hydrogens (primary N) is 1. The Kier molecular flexibility index (Phi) is 4.08. The number of carbonyl (C=O) groups excluding carboxylic acids is 1. The third kappa shape index (κ3) is 2.87. The Morgan fingerprint density at radius 2 is 2.00 bits per heavy atom. The lowest BCUT2D eigenvalue weighted by Gasteiger charge is -2.33. The average molecular weight is 308 g/mol. The highest BCUT2D eigenvalue weighted by atomic mass is 32.1. The van der Waals surface area contributed by atoms with Gasteiger partial charge in [-0.2, -0.15) is 0 Å². The van der Waals surface area contributed by atoms with Gasteiger partial charge in [0.1, 0.15) is 4.88 Å².